The summed E-state index contributed by atoms with van der Waals surface area (Å²) >= 11 is 1.49. The number of hydrogen-bond acceptors (Lipinski definition) is 5. The Morgan fingerprint density at radius 1 is 1.28 bits per heavy atom. The van der Waals surface area contributed by atoms with Crippen molar-refractivity contribution in [3.63, 3.8) is 0 Å². The predicted octanol–water partition coefficient (Wildman–Crippen LogP) is 2.75. The molecule has 2 aromatic carbocycles. The van der Waals surface area contributed by atoms with Crippen LogP contribution in [0.4, 0.5) is 10.8 Å². The van der Waals surface area contributed by atoms with Crippen LogP contribution < -0.4 is 10.2 Å². The van der Waals surface area contributed by atoms with Crippen molar-refractivity contribution in [3.8, 4) is 0 Å². The molecule has 1 unspecified atom stereocenters. The van der Waals surface area contributed by atoms with Gasteiger partial charge in [-0.05, 0) is 13.0 Å². The first-order valence-corrected chi connectivity index (χ1v) is 10.2. The topological polar surface area (TPSA) is 89.6 Å². The second-order valence-electron chi connectivity index (χ2n) is 7.19. The van der Waals surface area contributed by atoms with E-state index in [-0.39, 0.29) is 17.2 Å². The molecule has 148 valence electrons. The molecule has 0 fully saturated rings. The van der Waals surface area contributed by atoms with Crippen molar-refractivity contribution in [2.24, 2.45) is 0 Å². The highest BCUT2D eigenvalue weighted by Gasteiger charge is 2.24. The molecule has 0 saturated carbocycles. The first-order chi connectivity index (χ1) is 14.0. The largest absolute Gasteiger partial charge is 0.326 e. The van der Waals surface area contributed by atoms with Crippen LogP contribution in [-0.2, 0) is 19.5 Å². The number of hydrogen-bond donors (Lipinski definition) is 2. The molecule has 0 bridgehead atoms. The van der Waals surface area contributed by atoms with Crippen molar-refractivity contribution in [2.45, 2.75) is 26.4 Å². The van der Waals surface area contributed by atoms with Gasteiger partial charge in [0, 0.05) is 29.2 Å². The maximum atomic E-state index is 12.5. The number of amides is 1. The number of carbonyl (C=O) groups excluding carboxylic acids is 1. The number of aromatic nitrogens is 1. The van der Waals surface area contributed by atoms with Crippen molar-refractivity contribution in [1.82, 2.24) is 4.98 Å². The molecule has 1 aromatic heterocycles. The first-order valence-electron chi connectivity index (χ1n) is 9.42. The second-order valence-corrected chi connectivity index (χ2v) is 8.27. The SMILES string of the molecule is Cc1ccc(C(=O)Nc2nc3c(s2)C[NH+](Cc2ccccc2)CC3)cc1[N+](=O)[O-]. The number of aryl methyl sites for hydroxylation is 1. The monoisotopic (exact) mass is 409 g/mol. The Morgan fingerprint density at radius 2 is 2.07 bits per heavy atom. The minimum absolute atomic E-state index is 0.0590. The van der Waals surface area contributed by atoms with Crippen molar-refractivity contribution in [2.75, 3.05) is 11.9 Å². The lowest BCUT2D eigenvalue weighted by Gasteiger charge is -2.22. The van der Waals surface area contributed by atoms with Crippen LogP contribution in [-0.4, -0.2) is 22.4 Å². The number of quaternary nitrogens is 1. The summed E-state index contributed by atoms with van der Waals surface area (Å²) < 4.78 is 0. The number of nitro groups is 1. The summed E-state index contributed by atoms with van der Waals surface area (Å²) in [6.07, 6.45) is 0.875. The Labute approximate surface area is 172 Å². The molecule has 0 aliphatic carbocycles. The van der Waals surface area contributed by atoms with Gasteiger partial charge < -0.3 is 4.90 Å². The van der Waals surface area contributed by atoms with Gasteiger partial charge in [-0.3, -0.25) is 20.2 Å². The summed E-state index contributed by atoms with van der Waals surface area (Å²) in [4.78, 5) is 30.4. The molecule has 1 amide bonds. The van der Waals surface area contributed by atoms with Crippen molar-refractivity contribution in [3.05, 3.63) is 85.9 Å². The Kier molecular flexibility index (Phi) is 5.37. The van der Waals surface area contributed by atoms with E-state index < -0.39 is 4.92 Å². The number of nitro benzene ring substituents is 1. The van der Waals surface area contributed by atoms with Gasteiger partial charge in [0.2, 0.25) is 0 Å². The zero-order chi connectivity index (χ0) is 20.4. The lowest BCUT2D eigenvalue weighted by molar-refractivity contribution is -0.929. The van der Waals surface area contributed by atoms with E-state index in [1.165, 1.54) is 32.7 Å². The van der Waals surface area contributed by atoms with Crippen LogP contribution in [0.25, 0.3) is 0 Å². The molecule has 2 heterocycles. The zero-order valence-electron chi connectivity index (χ0n) is 16.0. The van der Waals surface area contributed by atoms with Gasteiger partial charge in [-0.25, -0.2) is 4.98 Å². The predicted molar refractivity (Wildman–Crippen MR) is 111 cm³/mol. The van der Waals surface area contributed by atoms with Gasteiger partial charge in [0.15, 0.2) is 5.13 Å². The van der Waals surface area contributed by atoms with Gasteiger partial charge >= 0.3 is 0 Å². The van der Waals surface area contributed by atoms with Crippen LogP contribution in [0.5, 0.6) is 0 Å². The smallest absolute Gasteiger partial charge is 0.273 e. The Morgan fingerprint density at radius 3 is 2.83 bits per heavy atom. The maximum absolute atomic E-state index is 12.5. The number of carbonyl (C=O) groups is 1. The van der Waals surface area contributed by atoms with Crippen LogP contribution in [0, 0.1) is 17.0 Å². The number of nitrogens with zero attached hydrogens (tertiary/aromatic N) is 2. The summed E-state index contributed by atoms with van der Waals surface area (Å²) in [5, 5.41) is 14.5. The third kappa shape index (κ3) is 4.33. The second kappa shape index (κ2) is 8.10. The highest BCUT2D eigenvalue weighted by molar-refractivity contribution is 7.15. The maximum Gasteiger partial charge on any atom is 0.273 e. The van der Waals surface area contributed by atoms with Crippen molar-refractivity contribution in [1.29, 1.82) is 0 Å². The number of rotatable bonds is 5. The molecule has 2 N–H and O–H groups in total. The lowest BCUT2D eigenvalue weighted by Crippen LogP contribution is -3.10. The fourth-order valence-corrected chi connectivity index (χ4v) is 4.61. The minimum Gasteiger partial charge on any atom is -0.326 e. The van der Waals surface area contributed by atoms with Crippen LogP contribution >= 0.6 is 11.3 Å². The van der Waals surface area contributed by atoms with E-state index in [1.54, 1.807) is 19.1 Å². The molecular weight excluding hydrogens is 388 g/mol. The molecule has 0 saturated heterocycles. The van der Waals surface area contributed by atoms with E-state index in [4.69, 9.17) is 0 Å². The fourth-order valence-electron chi connectivity index (χ4n) is 3.53. The molecule has 3 aromatic rings. The van der Waals surface area contributed by atoms with E-state index in [1.807, 2.05) is 6.07 Å². The van der Waals surface area contributed by atoms with Gasteiger partial charge in [-0.2, -0.15) is 0 Å². The number of anilines is 1. The number of benzene rings is 2. The lowest BCUT2D eigenvalue weighted by atomic mass is 10.1. The summed E-state index contributed by atoms with van der Waals surface area (Å²) in [5.74, 6) is -0.382. The van der Waals surface area contributed by atoms with Crippen molar-refractivity contribution < 1.29 is 14.6 Å². The third-order valence-corrected chi connectivity index (χ3v) is 6.10. The van der Waals surface area contributed by atoms with Gasteiger partial charge in [0.05, 0.1) is 22.0 Å². The Hall–Kier alpha value is -3.10. The van der Waals surface area contributed by atoms with Crippen LogP contribution in [0.1, 0.15) is 32.1 Å². The van der Waals surface area contributed by atoms with Crippen LogP contribution in [0.2, 0.25) is 0 Å². The van der Waals surface area contributed by atoms with E-state index in [0.717, 1.165) is 31.7 Å². The Balaban J connectivity index is 1.45. The summed E-state index contributed by atoms with van der Waals surface area (Å²) in [6.45, 7) is 4.50. The van der Waals surface area contributed by atoms with Gasteiger partial charge in [0.25, 0.3) is 11.6 Å². The molecule has 1 atom stereocenters. The van der Waals surface area contributed by atoms with Crippen molar-refractivity contribution >= 4 is 28.1 Å². The molecule has 7 nitrogen and oxygen atoms in total. The molecular formula is C21H21N4O3S+. The van der Waals surface area contributed by atoms with E-state index in [2.05, 4.69) is 34.6 Å². The third-order valence-electron chi connectivity index (χ3n) is 5.09. The normalized spacial score (nSPS) is 15.6. The van der Waals surface area contributed by atoms with Gasteiger partial charge in [-0.15, -0.1) is 0 Å². The molecule has 1 aliphatic rings. The van der Waals surface area contributed by atoms with Gasteiger partial charge in [-0.1, -0.05) is 47.7 Å². The molecule has 0 spiro atoms. The van der Waals surface area contributed by atoms with E-state index in [9.17, 15) is 14.9 Å². The number of thiazole rings is 1. The van der Waals surface area contributed by atoms with Gasteiger partial charge in [0.1, 0.15) is 13.1 Å². The summed E-state index contributed by atoms with van der Waals surface area (Å²) in [5.41, 5.74) is 3.07. The van der Waals surface area contributed by atoms with Crippen LogP contribution in [0.3, 0.4) is 0 Å². The summed E-state index contributed by atoms with van der Waals surface area (Å²) in [6, 6.07) is 14.9. The Bertz CT molecular complexity index is 1070. The molecule has 4 rings (SSSR count). The fraction of sp³-hybridized carbons (Fsp3) is 0.238. The first kappa shape index (κ1) is 19.2. The van der Waals surface area contributed by atoms with E-state index in [0.29, 0.717) is 10.7 Å². The molecule has 0 radical (unpaired) electrons. The molecule has 1 aliphatic heterocycles. The highest BCUT2D eigenvalue weighted by Crippen LogP contribution is 2.26. The highest BCUT2D eigenvalue weighted by atomic mass is 32.1. The number of nitrogens with one attached hydrogen (secondary N) is 2. The average Bonchev–Trinajstić information content (AvgIpc) is 3.10. The number of fused-ring (bicyclic) bond motifs is 1. The summed E-state index contributed by atoms with van der Waals surface area (Å²) in [7, 11) is 0. The average molecular weight is 409 g/mol. The van der Waals surface area contributed by atoms with Crippen LogP contribution in [0.15, 0.2) is 48.5 Å². The molecule has 8 heteroatoms. The van der Waals surface area contributed by atoms with E-state index >= 15 is 0 Å². The minimum atomic E-state index is -0.474. The standard InChI is InChI=1S/C21H20N4O3S/c1-14-7-8-16(11-18(14)25(27)28)20(26)23-21-22-17-9-10-24(13-19(17)29-21)12-15-5-3-2-4-6-15/h2-8,11H,9-10,12-13H2,1H3,(H,22,23,26)/p+1. The molecule has 29 heavy (non-hydrogen) atoms. The zero-order valence-corrected chi connectivity index (χ0v) is 16.8. The quantitative estimate of drug-likeness (QED) is 0.501.